The number of carbonyl (C=O) groups excluding carboxylic acids is 1. The SMILES string of the molecule is O=C(CSc1nnc(-c2ccc([N+](=O)[O-])cc2)o1)n1c2ccccc2c2ccccc21. The molecule has 2 aromatic heterocycles. The van der Waals surface area contributed by atoms with Crippen LogP contribution in [-0.4, -0.2) is 31.3 Å². The average Bonchev–Trinajstić information content (AvgIpc) is 3.40. The van der Waals surface area contributed by atoms with E-state index in [4.69, 9.17) is 4.42 Å². The van der Waals surface area contributed by atoms with Crippen molar-refractivity contribution in [2.24, 2.45) is 0 Å². The zero-order valence-electron chi connectivity index (χ0n) is 16.0. The molecule has 0 spiro atoms. The van der Waals surface area contributed by atoms with E-state index < -0.39 is 4.92 Å². The monoisotopic (exact) mass is 430 g/mol. The van der Waals surface area contributed by atoms with Gasteiger partial charge in [0.15, 0.2) is 0 Å². The van der Waals surface area contributed by atoms with Crippen LogP contribution in [0.2, 0.25) is 0 Å². The fourth-order valence-electron chi connectivity index (χ4n) is 3.49. The molecule has 9 heteroatoms. The highest BCUT2D eigenvalue weighted by Gasteiger charge is 2.17. The summed E-state index contributed by atoms with van der Waals surface area (Å²) in [7, 11) is 0. The zero-order chi connectivity index (χ0) is 21.4. The van der Waals surface area contributed by atoms with Gasteiger partial charge in [0.1, 0.15) is 0 Å². The van der Waals surface area contributed by atoms with Crippen LogP contribution in [0.3, 0.4) is 0 Å². The number of para-hydroxylation sites is 2. The molecule has 0 radical (unpaired) electrons. The molecule has 2 heterocycles. The van der Waals surface area contributed by atoms with Crippen LogP contribution in [0.25, 0.3) is 33.3 Å². The zero-order valence-corrected chi connectivity index (χ0v) is 16.8. The maximum absolute atomic E-state index is 13.1. The first-order valence-corrected chi connectivity index (χ1v) is 10.3. The molecular weight excluding hydrogens is 416 g/mol. The van der Waals surface area contributed by atoms with Gasteiger partial charge in [-0.05, 0) is 24.3 Å². The molecule has 152 valence electrons. The van der Waals surface area contributed by atoms with Crippen molar-refractivity contribution in [2.45, 2.75) is 5.22 Å². The van der Waals surface area contributed by atoms with Crippen molar-refractivity contribution >= 4 is 45.2 Å². The molecule has 0 N–H and O–H groups in total. The molecule has 0 bridgehead atoms. The number of hydrogen-bond acceptors (Lipinski definition) is 7. The van der Waals surface area contributed by atoms with Gasteiger partial charge in [0, 0.05) is 28.5 Å². The molecule has 5 aromatic rings. The number of nitrogens with zero attached hydrogens (tertiary/aromatic N) is 4. The van der Waals surface area contributed by atoms with Gasteiger partial charge in [-0.15, -0.1) is 10.2 Å². The Morgan fingerprint density at radius 2 is 1.55 bits per heavy atom. The number of rotatable bonds is 5. The van der Waals surface area contributed by atoms with Gasteiger partial charge in [-0.1, -0.05) is 48.2 Å². The van der Waals surface area contributed by atoms with Crippen molar-refractivity contribution in [3.8, 4) is 11.5 Å². The highest BCUT2D eigenvalue weighted by atomic mass is 32.2. The molecule has 0 atom stereocenters. The second kappa shape index (κ2) is 7.69. The van der Waals surface area contributed by atoms with E-state index in [2.05, 4.69) is 10.2 Å². The Labute approximate surface area is 179 Å². The number of non-ortho nitro benzene ring substituents is 1. The van der Waals surface area contributed by atoms with E-state index in [1.54, 1.807) is 16.7 Å². The van der Waals surface area contributed by atoms with Crippen LogP contribution in [0.5, 0.6) is 0 Å². The minimum absolute atomic E-state index is 0.0189. The summed E-state index contributed by atoms with van der Waals surface area (Å²) in [6.45, 7) is 0. The summed E-state index contributed by atoms with van der Waals surface area (Å²) in [6, 6.07) is 21.4. The van der Waals surface area contributed by atoms with Crippen LogP contribution in [0.1, 0.15) is 4.79 Å². The third kappa shape index (κ3) is 3.44. The molecule has 31 heavy (non-hydrogen) atoms. The number of thioether (sulfide) groups is 1. The van der Waals surface area contributed by atoms with Crippen LogP contribution in [-0.2, 0) is 0 Å². The second-order valence-electron chi connectivity index (χ2n) is 6.73. The number of nitro benzene ring substituents is 1. The lowest BCUT2D eigenvalue weighted by molar-refractivity contribution is -0.384. The summed E-state index contributed by atoms with van der Waals surface area (Å²) in [6.07, 6.45) is 0. The Morgan fingerprint density at radius 3 is 2.16 bits per heavy atom. The fourth-order valence-corrected chi connectivity index (χ4v) is 4.10. The Bertz CT molecular complexity index is 1390. The third-order valence-corrected chi connectivity index (χ3v) is 5.68. The van der Waals surface area contributed by atoms with Crippen molar-refractivity contribution in [1.29, 1.82) is 0 Å². The van der Waals surface area contributed by atoms with E-state index in [0.29, 0.717) is 5.56 Å². The first kappa shape index (κ1) is 19.0. The van der Waals surface area contributed by atoms with Crippen molar-refractivity contribution in [2.75, 3.05) is 5.75 Å². The smallest absolute Gasteiger partial charge is 0.277 e. The lowest BCUT2D eigenvalue weighted by Gasteiger charge is -2.04. The minimum atomic E-state index is -0.473. The third-order valence-electron chi connectivity index (χ3n) is 4.88. The molecule has 0 unspecified atom stereocenters. The van der Waals surface area contributed by atoms with E-state index in [9.17, 15) is 14.9 Å². The molecule has 0 saturated carbocycles. The number of nitro groups is 1. The predicted octanol–water partition coefficient (Wildman–Crippen LogP) is 5.19. The largest absolute Gasteiger partial charge is 0.411 e. The van der Waals surface area contributed by atoms with E-state index in [-0.39, 0.29) is 28.5 Å². The predicted molar refractivity (Wildman–Crippen MR) is 117 cm³/mol. The molecule has 0 saturated heterocycles. The maximum Gasteiger partial charge on any atom is 0.277 e. The average molecular weight is 430 g/mol. The molecular formula is C22H14N4O4S. The van der Waals surface area contributed by atoms with Crippen molar-refractivity contribution < 1.29 is 14.1 Å². The minimum Gasteiger partial charge on any atom is -0.411 e. The van der Waals surface area contributed by atoms with Gasteiger partial charge in [0.2, 0.25) is 11.8 Å². The summed E-state index contributed by atoms with van der Waals surface area (Å²) in [5.41, 5.74) is 2.26. The highest BCUT2D eigenvalue weighted by Crippen LogP contribution is 2.30. The van der Waals surface area contributed by atoms with Crippen molar-refractivity contribution in [3.05, 3.63) is 82.9 Å². The summed E-state index contributed by atoms with van der Waals surface area (Å²) >= 11 is 1.15. The number of fused-ring (bicyclic) bond motifs is 3. The molecule has 0 fully saturated rings. The molecule has 5 rings (SSSR count). The lowest BCUT2D eigenvalue weighted by Crippen LogP contribution is -2.12. The quantitative estimate of drug-likeness (QED) is 0.215. The van der Waals surface area contributed by atoms with Gasteiger partial charge in [0.05, 0.1) is 21.7 Å². The van der Waals surface area contributed by atoms with Gasteiger partial charge in [-0.2, -0.15) is 0 Å². The van der Waals surface area contributed by atoms with Gasteiger partial charge >= 0.3 is 0 Å². The standard InChI is InChI=1S/C22H14N4O4S/c27-20(25-18-7-3-1-5-16(18)17-6-2-4-8-19(17)25)13-31-22-24-23-21(30-22)14-9-11-15(12-10-14)26(28)29/h1-12H,13H2. The number of aromatic nitrogens is 3. The molecule has 0 aliphatic heterocycles. The molecule has 3 aromatic carbocycles. The van der Waals surface area contributed by atoms with E-state index in [1.165, 1.54) is 12.1 Å². The Kier molecular flexibility index (Phi) is 4.72. The van der Waals surface area contributed by atoms with Crippen LogP contribution >= 0.6 is 11.8 Å². The summed E-state index contributed by atoms with van der Waals surface area (Å²) in [4.78, 5) is 23.4. The fraction of sp³-hybridized carbons (Fsp3) is 0.0455. The molecule has 0 amide bonds. The summed E-state index contributed by atoms with van der Waals surface area (Å²) < 4.78 is 7.34. The molecule has 0 aliphatic carbocycles. The second-order valence-corrected chi connectivity index (χ2v) is 7.66. The number of benzene rings is 3. The van der Waals surface area contributed by atoms with Crippen LogP contribution in [0.4, 0.5) is 5.69 Å². The number of hydrogen-bond donors (Lipinski definition) is 0. The molecule has 0 aliphatic rings. The Morgan fingerprint density at radius 1 is 0.935 bits per heavy atom. The van der Waals surface area contributed by atoms with E-state index in [0.717, 1.165) is 33.6 Å². The van der Waals surface area contributed by atoms with Crippen LogP contribution < -0.4 is 0 Å². The van der Waals surface area contributed by atoms with E-state index in [1.807, 2.05) is 48.5 Å². The van der Waals surface area contributed by atoms with Gasteiger partial charge in [-0.3, -0.25) is 19.5 Å². The van der Waals surface area contributed by atoms with Crippen molar-refractivity contribution in [1.82, 2.24) is 14.8 Å². The van der Waals surface area contributed by atoms with Crippen molar-refractivity contribution in [3.63, 3.8) is 0 Å². The first-order chi connectivity index (χ1) is 15.1. The normalized spacial score (nSPS) is 11.2. The van der Waals surface area contributed by atoms with Crippen LogP contribution in [0.15, 0.2) is 82.4 Å². The topological polar surface area (TPSA) is 104 Å². The Hall–Kier alpha value is -3.98. The lowest BCUT2D eigenvalue weighted by atomic mass is 10.2. The van der Waals surface area contributed by atoms with Crippen LogP contribution in [0, 0.1) is 10.1 Å². The maximum atomic E-state index is 13.1. The molecule has 8 nitrogen and oxygen atoms in total. The van der Waals surface area contributed by atoms with Gasteiger partial charge in [-0.25, -0.2) is 0 Å². The first-order valence-electron chi connectivity index (χ1n) is 9.34. The van der Waals surface area contributed by atoms with Gasteiger partial charge < -0.3 is 4.42 Å². The Balaban J connectivity index is 1.37. The number of carbonyl (C=O) groups is 1. The van der Waals surface area contributed by atoms with Gasteiger partial charge in [0.25, 0.3) is 10.9 Å². The van der Waals surface area contributed by atoms with E-state index >= 15 is 0 Å². The highest BCUT2D eigenvalue weighted by molar-refractivity contribution is 7.99. The summed E-state index contributed by atoms with van der Waals surface area (Å²) in [5.74, 6) is 0.254. The summed E-state index contributed by atoms with van der Waals surface area (Å²) in [5, 5.41) is 21.0.